The highest BCUT2D eigenvalue weighted by Crippen LogP contribution is 2.19. The van der Waals surface area contributed by atoms with Gasteiger partial charge in [0.2, 0.25) is 5.91 Å². The molecule has 3 heteroatoms. The zero-order valence-corrected chi connectivity index (χ0v) is 12.0. The highest BCUT2D eigenvalue weighted by molar-refractivity contribution is 5.93. The van der Waals surface area contributed by atoms with Gasteiger partial charge < -0.3 is 11.1 Å². The minimum absolute atomic E-state index is 0.237. The number of primary amides is 1. The van der Waals surface area contributed by atoms with Crippen molar-refractivity contribution in [1.29, 1.82) is 0 Å². The van der Waals surface area contributed by atoms with Crippen molar-refractivity contribution in [2.75, 3.05) is 0 Å². The number of aryl methyl sites for hydroxylation is 1. The Morgan fingerprint density at radius 2 is 2.00 bits per heavy atom. The van der Waals surface area contributed by atoms with Gasteiger partial charge in [0.15, 0.2) is 0 Å². The van der Waals surface area contributed by atoms with E-state index in [2.05, 4.69) is 33.0 Å². The highest BCUT2D eigenvalue weighted by atomic mass is 16.1. The monoisotopic (exact) mass is 248 g/mol. The SMILES string of the molecule is Cc1cc(C(N)=O)ccc1CNC(C)C(C)(C)C. The summed E-state index contributed by atoms with van der Waals surface area (Å²) in [5.74, 6) is -0.374. The number of rotatable bonds is 4. The Balaban J connectivity index is 2.72. The van der Waals surface area contributed by atoms with E-state index in [9.17, 15) is 4.79 Å². The summed E-state index contributed by atoms with van der Waals surface area (Å²) in [5, 5.41) is 3.51. The van der Waals surface area contributed by atoms with Crippen LogP contribution in [0.15, 0.2) is 18.2 Å². The Morgan fingerprint density at radius 3 is 2.44 bits per heavy atom. The molecule has 0 saturated heterocycles. The number of nitrogens with one attached hydrogen (secondary N) is 1. The molecule has 0 fully saturated rings. The molecule has 0 aromatic heterocycles. The van der Waals surface area contributed by atoms with E-state index in [0.29, 0.717) is 11.6 Å². The molecule has 0 bridgehead atoms. The van der Waals surface area contributed by atoms with Gasteiger partial charge in [-0.05, 0) is 42.5 Å². The molecule has 1 aromatic rings. The van der Waals surface area contributed by atoms with E-state index < -0.39 is 0 Å². The van der Waals surface area contributed by atoms with Crippen LogP contribution in [0.4, 0.5) is 0 Å². The van der Waals surface area contributed by atoms with Crippen molar-refractivity contribution in [3.63, 3.8) is 0 Å². The predicted molar refractivity (Wildman–Crippen MR) is 75.5 cm³/mol. The summed E-state index contributed by atoms with van der Waals surface area (Å²) in [6.45, 7) is 11.6. The van der Waals surface area contributed by atoms with Gasteiger partial charge in [0.05, 0.1) is 0 Å². The van der Waals surface area contributed by atoms with Crippen molar-refractivity contribution in [2.45, 2.75) is 47.2 Å². The normalized spacial score (nSPS) is 13.4. The molecular weight excluding hydrogens is 224 g/mol. The third kappa shape index (κ3) is 3.84. The van der Waals surface area contributed by atoms with Gasteiger partial charge >= 0.3 is 0 Å². The topological polar surface area (TPSA) is 55.1 Å². The third-order valence-corrected chi connectivity index (χ3v) is 3.52. The first-order valence-electron chi connectivity index (χ1n) is 6.34. The summed E-state index contributed by atoms with van der Waals surface area (Å²) in [6.07, 6.45) is 0. The van der Waals surface area contributed by atoms with Crippen LogP contribution in [-0.4, -0.2) is 11.9 Å². The second kappa shape index (κ2) is 5.53. The molecule has 18 heavy (non-hydrogen) atoms. The maximum absolute atomic E-state index is 11.1. The van der Waals surface area contributed by atoms with Crippen molar-refractivity contribution >= 4 is 5.91 Å². The number of amides is 1. The van der Waals surface area contributed by atoms with Crippen LogP contribution in [0.5, 0.6) is 0 Å². The van der Waals surface area contributed by atoms with E-state index in [0.717, 1.165) is 12.1 Å². The maximum Gasteiger partial charge on any atom is 0.248 e. The fraction of sp³-hybridized carbons (Fsp3) is 0.533. The maximum atomic E-state index is 11.1. The average molecular weight is 248 g/mol. The second-order valence-electron chi connectivity index (χ2n) is 5.97. The summed E-state index contributed by atoms with van der Waals surface area (Å²) in [7, 11) is 0. The molecule has 1 atom stereocenters. The van der Waals surface area contributed by atoms with E-state index in [-0.39, 0.29) is 11.3 Å². The lowest BCUT2D eigenvalue weighted by atomic mass is 9.88. The summed E-state index contributed by atoms with van der Waals surface area (Å²) >= 11 is 0. The first kappa shape index (κ1) is 14.7. The van der Waals surface area contributed by atoms with Crippen LogP contribution in [0.2, 0.25) is 0 Å². The van der Waals surface area contributed by atoms with E-state index in [1.165, 1.54) is 5.56 Å². The van der Waals surface area contributed by atoms with Crippen molar-refractivity contribution in [2.24, 2.45) is 11.1 Å². The summed E-state index contributed by atoms with van der Waals surface area (Å²) in [6, 6.07) is 6.03. The Bertz CT molecular complexity index is 433. The van der Waals surface area contributed by atoms with Crippen LogP contribution in [0.1, 0.15) is 49.2 Å². The summed E-state index contributed by atoms with van der Waals surface area (Å²) in [5.41, 5.74) is 8.37. The molecule has 100 valence electrons. The van der Waals surface area contributed by atoms with Crippen LogP contribution >= 0.6 is 0 Å². The van der Waals surface area contributed by atoms with Gasteiger partial charge in [0, 0.05) is 18.2 Å². The first-order valence-corrected chi connectivity index (χ1v) is 6.34. The largest absolute Gasteiger partial charge is 0.366 e. The van der Waals surface area contributed by atoms with Crippen LogP contribution in [-0.2, 0) is 6.54 Å². The van der Waals surface area contributed by atoms with Crippen LogP contribution in [0.3, 0.4) is 0 Å². The zero-order chi connectivity index (χ0) is 13.9. The van der Waals surface area contributed by atoms with Gasteiger partial charge in [0.25, 0.3) is 0 Å². The molecule has 0 heterocycles. The average Bonchev–Trinajstić information content (AvgIpc) is 2.25. The lowest BCUT2D eigenvalue weighted by molar-refractivity contribution is 0.1000. The predicted octanol–water partition coefficient (Wildman–Crippen LogP) is 2.62. The second-order valence-corrected chi connectivity index (χ2v) is 5.97. The summed E-state index contributed by atoms with van der Waals surface area (Å²) < 4.78 is 0. The van der Waals surface area contributed by atoms with E-state index in [1.54, 1.807) is 6.07 Å². The Hall–Kier alpha value is -1.35. The van der Waals surface area contributed by atoms with E-state index >= 15 is 0 Å². The minimum Gasteiger partial charge on any atom is -0.366 e. The van der Waals surface area contributed by atoms with Gasteiger partial charge in [-0.25, -0.2) is 0 Å². The zero-order valence-electron chi connectivity index (χ0n) is 12.0. The van der Waals surface area contributed by atoms with Gasteiger partial charge in [-0.15, -0.1) is 0 Å². The molecule has 0 aliphatic rings. The highest BCUT2D eigenvalue weighted by Gasteiger charge is 2.19. The quantitative estimate of drug-likeness (QED) is 0.860. The first-order chi connectivity index (χ1) is 8.21. The van der Waals surface area contributed by atoms with Crippen LogP contribution in [0, 0.1) is 12.3 Å². The molecule has 3 nitrogen and oxygen atoms in total. The van der Waals surface area contributed by atoms with Gasteiger partial charge in [-0.3, -0.25) is 4.79 Å². The van der Waals surface area contributed by atoms with Gasteiger partial charge in [-0.1, -0.05) is 26.8 Å². The fourth-order valence-corrected chi connectivity index (χ4v) is 1.62. The molecule has 0 aliphatic carbocycles. The van der Waals surface area contributed by atoms with Crippen molar-refractivity contribution in [1.82, 2.24) is 5.32 Å². The lowest BCUT2D eigenvalue weighted by Crippen LogP contribution is -2.37. The molecular formula is C15H24N2O. The molecule has 1 amide bonds. The van der Waals surface area contributed by atoms with E-state index in [1.807, 2.05) is 19.1 Å². The Labute approximate surface area is 110 Å². The molecule has 3 N–H and O–H groups in total. The molecule has 1 aromatic carbocycles. The van der Waals surface area contributed by atoms with Crippen molar-refractivity contribution in [3.8, 4) is 0 Å². The molecule has 0 saturated carbocycles. The number of carbonyl (C=O) groups is 1. The van der Waals surface area contributed by atoms with E-state index in [4.69, 9.17) is 5.73 Å². The Kier molecular flexibility index (Phi) is 4.52. The van der Waals surface area contributed by atoms with Crippen molar-refractivity contribution in [3.05, 3.63) is 34.9 Å². The molecule has 0 aliphatic heterocycles. The van der Waals surface area contributed by atoms with Gasteiger partial charge in [0.1, 0.15) is 0 Å². The number of carbonyl (C=O) groups excluding carboxylic acids is 1. The van der Waals surface area contributed by atoms with Gasteiger partial charge in [-0.2, -0.15) is 0 Å². The van der Waals surface area contributed by atoms with Crippen LogP contribution in [0.25, 0.3) is 0 Å². The Morgan fingerprint density at radius 1 is 1.39 bits per heavy atom. The molecule has 1 unspecified atom stereocenters. The number of hydrogen-bond acceptors (Lipinski definition) is 2. The lowest BCUT2D eigenvalue weighted by Gasteiger charge is -2.28. The number of hydrogen-bond donors (Lipinski definition) is 2. The molecule has 1 rings (SSSR count). The molecule has 0 radical (unpaired) electrons. The number of nitrogens with two attached hydrogens (primary N) is 1. The smallest absolute Gasteiger partial charge is 0.248 e. The minimum atomic E-state index is -0.374. The van der Waals surface area contributed by atoms with Crippen molar-refractivity contribution < 1.29 is 4.79 Å². The molecule has 0 spiro atoms. The third-order valence-electron chi connectivity index (χ3n) is 3.52. The fourth-order valence-electron chi connectivity index (χ4n) is 1.62. The number of benzene rings is 1. The summed E-state index contributed by atoms with van der Waals surface area (Å²) in [4.78, 5) is 11.1. The standard InChI is InChI=1S/C15H24N2O/c1-10-8-12(14(16)18)6-7-13(10)9-17-11(2)15(3,4)5/h6-8,11,17H,9H2,1-5H3,(H2,16,18). The van der Waals surface area contributed by atoms with Crippen LogP contribution < -0.4 is 11.1 Å².